The molecule has 0 fully saturated rings. The minimum Gasteiger partial charge on any atom is -0.394 e. The third kappa shape index (κ3) is 4.20. The zero-order chi connectivity index (χ0) is 11.1. The molecule has 0 bridgehead atoms. The molecule has 0 aliphatic heterocycles. The van der Waals surface area contributed by atoms with Crippen LogP contribution in [0.25, 0.3) is 0 Å². The SMILES string of the molecule is CNC(=O)CNC(=O)C(CO)N(C)C. The highest BCUT2D eigenvalue weighted by atomic mass is 16.3. The van der Waals surface area contributed by atoms with Gasteiger partial charge in [-0.1, -0.05) is 0 Å². The van der Waals surface area contributed by atoms with E-state index in [1.165, 1.54) is 7.05 Å². The van der Waals surface area contributed by atoms with Gasteiger partial charge in [0, 0.05) is 7.05 Å². The fraction of sp³-hybridized carbons (Fsp3) is 0.750. The average Bonchev–Trinajstić information content (AvgIpc) is 2.14. The van der Waals surface area contributed by atoms with Gasteiger partial charge in [0.15, 0.2) is 0 Å². The highest BCUT2D eigenvalue weighted by molar-refractivity contribution is 5.87. The molecule has 0 aliphatic carbocycles. The predicted octanol–water partition coefficient (Wildman–Crippen LogP) is -2.23. The van der Waals surface area contributed by atoms with Gasteiger partial charge in [-0.05, 0) is 14.1 Å². The first-order valence-corrected chi connectivity index (χ1v) is 4.28. The van der Waals surface area contributed by atoms with E-state index in [0.29, 0.717) is 0 Å². The van der Waals surface area contributed by atoms with E-state index >= 15 is 0 Å². The summed E-state index contributed by atoms with van der Waals surface area (Å²) in [5, 5.41) is 13.7. The Hall–Kier alpha value is -1.14. The van der Waals surface area contributed by atoms with Crippen LogP contribution in [0.4, 0.5) is 0 Å². The molecule has 14 heavy (non-hydrogen) atoms. The molecule has 0 heterocycles. The number of carbonyl (C=O) groups is 2. The van der Waals surface area contributed by atoms with Gasteiger partial charge in [0.25, 0.3) is 0 Å². The lowest BCUT2D eigenvalue weighted by atomic mass is 10.2. The largest absolute Gasteiger partial charge is 0.394 e. The number of rotatable bonds is 5. The third-order valence-electron chi connectivity index (χ3n) is 1.80. The summed E-state index contributed by atoms with van der Waals surface area (Å²) in [7, 11) is 4.85. The zero-order valence-corrected chi connectivity index (χ0v) is 8.70. The molecule has 0 aromatic rings. The molecule has 0 saturated heterocycles. The summed E-state index contributed by atoms with van der Waals surface area (Å²) in [5.41, 5.74) is 0. The normalized spacial score (nSPS) is 12.4. The highest BCUT2D eigenvalue weighted by Gasteiger charge is 2.19. The van der Waals surface area contributed by atoms with E-state index in [1.54, 1.807) is 19.0 Å². The minimum atomic E-state index is -0.611. The summed E-state index contributed by atoms with van der Waals surface area (Å²) in [5.74, 6) is -0.630. The topological polar surface area (TPSA) is 81.7 Å². The van der Waals surface area contributed by atoms with E-state index in [9.17, 15) is 9.59 Å². The van der Waals surface area contributed by atoms with E-state index in [0.717, 1.165) is 0 Å². The first kappa shape index (κ1) is 12.9. The summed E-state index contributed by atoms with van der Waals surface area (Å²) in [6, 6.07) is -0.611. The first-order chi connectivity index (χ1) is 6.52. The third-order valence-corrected chi connectivity index (χ3v) is 1.80. The molecule has 0 aromatic heterocycles. The van der Waals surface area contributed by atoms with Crippen LogP contribution >= 0.6 is 0 Å². The molecule has 82 valence electrons. The molecule has 3 N–H and O–H groups in total. The van der Waals surface area contributed by atoms with Gasteiger partial charge in [-0.15, -0.1) is 0 Å². The number of nitrogens with zero attached hydrogens (tertiary/aromatic N) is 1. The maximum Gasteiger partial charge on any atom is 0.240 e. The lowest BCUT2D eigenvalue weighted by Crippen LogP contribution is -2.48. The molecule has 1 unspecified atom stereocenters. The van der Waals surface area contributed by atoms with Crippen molar-refractivity contribution < 1.29 is 14.7 Å². The zero-order valence-electron chi connectivity index (χ0n) is 8.70. The van der Waals surface area contributed by atoms with Gasteiger partial charge in [-0.2, -0.15) is 0 Å². The summed E-state index contributed by atoms with van der Waals surface area (Å²) >= 11 is 0. The van der Waals surface area contributed by atoms with E-state index in [1.807, 2.05) is 0 Å². The lowest BCUT2D eigenvalue weighted by molar-refractivity contribution is -0.129. The first-order valence-electron chi connectivity index (χ1n) is 4.28. The van der Waals surface area contributed by atoms with Crippen molar-refractivity contribution in [1.82, 2.24) is 15.5 Å². The van der Waals surface area contributed by atoms with Crippen LogP contribution in [0.5, 0.6) is 0 Å². The van der Waals surface area contributed by atoms with Gasteiger partial charge in [-0.25, -0.2) is 0 Å². The standard InChI is InChI=1S/C8H17N3O3/c1-9-7(13)4-10-8(14)6(5-12)11(2)3/h6,12H,4-5H2,1-3H3,(H,9,13)(H,10,14). The van der Waals surface area contributed by atoms with Crippen LogP contribution in [0, 0.1) is 0 Å². The van der Waals surface area contributed by atoms with E-state index < -0.39 is 6.04 Å². The summed E-state index contributed by atoms with van der Waals surface area (Å²) < 4.78 is 0. The summed E-state index contributed by atoms with van der Waals surface area (Å²) in [4.78, 5) is 23.7. The van der Waals surface area contributed by atoms with Gasteiger partial charge >= 0.3 is 0 Å². The van der Waals surface area contributed by atoms with E-state index in [2.05, 4.69) is 10.6 Å². The Kier molecular flexibility index (Phi) is 5.82. The Balaban J connectivity index is 3.99. The van der Waals surface area contributed by atoms with Crippen molar-refractivity contribution in [1.29, 1.82) is 0 Å². The van der Waals surface area contributed by atoms with Crippen LogP contribution in [0.3, 0.4) is 0 Å². The lowest BCUT2D eigenvalue weighted by Gasteiger charge is -2.20. The molecule has 0 aromatic carbocycles. The van der Waals surface area contributed by atoms with Crippen molar-refractivity contribution in [3.63, 3.8) is 0 Å². The molecular weight excluding hydrogens is 186 g/mol. The molecule has 0 radical (unpaired) electrons. The maximum absolute atomic E-state index is 11.3. The number of carbonyl (C=O) groups excluding carboxylic acids is 2. The van der Waals surface area contributed by atoms with E-state index in [-0.39, 0.29) is 25.0 Å². The molecule has 1 atom stereocenters. The van der Waals surface area contributed by atoms with Crippen LogP contribution < -0.4 is 10.6 Å². The van der Waals surface area contributed by atoms with Crippen molar-refractivity contribution in [2.45, 2.75) is 6.04 Å². The number of aliphatic hydroxyl groups is 1. The van der Waals surface area contributed by atoms with Crippen LogP contribution in [0.15, 0.2) is 0 Å². The summed E-state index contributed by atoms with van der Waals surface area (Å²) in [6.07, 6.45) is 0. The van der Waals surface area contributed by atoms with Crippen molar-refractivity contribution in [3.8, 4) is 0 Å². The monoisotopic (exact) mass is 203 g/mol. The van der Waals surface area contributed by atoms with Gasteiger partial charge in [0.2, 0.25) is 11.8 Å². The fourth-order valence-corrected chi connectivity index (χ4v) is 0.854. The van der Waals surface area contributed by atoms with Crippen LogP contribution in [0.2, 0.25) is 0 Å². The van der Waals surface area contributed by atoms with Crippen molar-refractivity contribution in [2.24, 2.45) is 0 Å². The van der Waals surface area contributed by atoms with Gasteiger partial charge < -0.3 is 15.7 Å². The number of hydrogen-bond acceptors (Lipinski definition) is 4. The average molecular weight is 203 g/mol. The molecule has 0 aliphatic rings. The number of amides is 2. The Morgan fingerprint density at radius 2 is 2.00 bits per heavy atom. The Labute approximate surface area is 83.3 Å². The predicted molar refractivity (Wildman–Crippen MR) is 51.6 cm³/mol. The van der Waals surface area contributed by atoms with Crippen LogP contribution in [-0.4, -0.2) is 62.2 Å². The Morgan fingerprint density at radius 3 is 2.36 bits per heavy atom. The molecular formula is C8H17N3O3. The molecule has 6 nitrogen and oxygen atoms in total. The second kappa shape index (κ2) is 6.33. The van der Waals surface area contributed by atoms with Crippen molar-refractivity contribution in [3.05, 3.63) is 0 Å². The van der Waals surface area contributed by atoms with Crippen molar-refractivity contribution in [2.75, 3.05) is 34.3 Å². The maximum atomic E-state index is 11.3. The van der Waals surface area contributed by atoms with Gasteiger partial charge in [-0.3, -0.25) is 14.5 Å². The minimum absolute atomic E-state index is 0.0698. The van der Waals surface area contributed by atoms with Crippen LogP contribution in [0.1, 0.15) is 0 Å². The Bertz CT molecular complexity index is 206. The van der Waals surface area contributed by atoms with Crippen LogP contribution in [-0.2, 0) is 9.59 Å². The number of nitrogens with one attached hydrogen (secondary N) is 2. The molecule has 0 saturated carbocycles. The smallest absolute Gasteiger partial charge is 0.240 e. The second-order valence-corrected chi connectivity index (χ2v) is 3.05. The Morgan fingerprint density at radius 1 is 1.43 bits per heavy atom. The quantitative estimate of drug-likeness (QED) is 0.472. The highest BCUT2D eigenvalue weighted by Crippen LogP contribution is 1.91. The van der Waals surface area contributed by atoms with Crippen molar-refractivity contribution >= 4 is 11.8 Å². The number of likely N-dealkylation sites (N-methyl/N-ethyl adjacent to an activating group) is 2. The van der Waals surface area contributed by atoms with Gasteiger partial charge in [0.05, 0.1) is 13.2 Å². The molecule has 6 heteroatoms. The second-order valence-electron chi connectivity index (χ2n) is 3.05. The molecule has 0 spiro atoms. The molecule has 0 rings (SSSR count). The number of hydrogen-bond donors (Lipinski definition) is 3. The fourth-order valence-electron chi connectivity index (χ4n) is 0.854. The van der Waals surface area contributed by atoms with Gasteiger partial charge in [0.1, 0.15) is 6.04 Å². The van der Waals surface area contributed by atoms with E-state index in [4.69, 9.17) is 5.11 Å². The number of aliphatic hydroxyl groups excluding tert-OH is 1. The summed E-state index contributed by atoms with van der Waals surface area (Å²) in [6.45, 7) is -0.341. The molecule has 2 amide bonds.